The van der Waals surface area contributed by atoms with E-state index in [1.165, 1.54) is 10.9 Å². The second-order valence-corrected chi connectivity index (χ2v) is 19.2. The van der Waals surface area contributed by atoms with E-state index in [9.17, 15) is 18.7 Å². The molecule has 2 radical (unpaired) electrons. The van der Waals surface area contributed by atoms with Gasteiger partial charge in [0.05, 0.1) is 25.9 Å². The van der Waals surface area contributed by atoms with Gasteiger partial charge in [-0.1, -0.05) is 25.5 Å². The maximum atomic E-state index is 16.7. The molecule has 0 saturated carbocycles. The summed E-state index contributed by atoms with van der Waals surface area (Å²) in [5, 5.41) is 0. The van der Waals surface area contributed by atoms with Gasteiger partial charge in [-0.2, -0.15) is 4.98 Å². The van der Waals surface area contributed by atoms with Crippen molar-refractivity contribution in [3.05, 3.63) is 59.2 Å². The number of imidazole rings is 2. The number of ether oxygens (including phenoxy) is 3. The Hall–Kier alpha value is -4.32. The van der Waals surface area contributed by atoms with Crippen molar-refractivity contribution in [2.45, 2.75) is 81.2 Å². The lowest BCUT2D eigenvalue weighted by Crippen LogP contribution is -2.37. The molecule has 7 heterocycles. The molecule has 3 aliphatic rings. The second-order valence-electron chi connectivity index (χ2n) is 13.6. The Morgan fingerprint density at radius 1 is 0.949 bits per heavy atom. The number of benzene rings is 1. The van der Waals surface area contributed by atoms with Crippen LogP contribution in [0.25, 0.3) is 22.3 Å². The van der Waals surface area contributed by atoms with Crippen molar-refractivity contribution in [2.75, 3.05) is 24.7 Å². The Morgan fingerprint density at radius 2 is 1.59 bits per heavy atom. The molecule has 4 aromatic heterocycles. The van der Waals surface area contributed by atoms with E-state index in [4.69, 9.17) is 51.3 Å². The fourth-order valence-electron chi connectivity index (χ4n) is 6.64. The summed E-state index contributed by atoms with van der Waals surface area (Å²) in [5.74, 6) is -0.408. The van der Waals surface area contributed by atoms with Gasteiger partial charge in [0, 0.05) is 12.2 Å². The van der Waals surface area contributed by atoms with Crippen molar-refractivity contribution in [1.82, 2.24) is 39.0 Å². The van der Waals surface area contributed by atoms with Gasteiger partial charge in [-0.3, -0.25) is 37.3 Å². The van der Waals surface area contributed by atoms with Gasteiger partial charge in [0.15, 0.2) is 47.4 Å². The summed E-state index contributed by atoms with van der Waals surface area (Å²) in [6.45, 7) is -4.10. The summed E-state index contributed by atoms with van der Waals surface area (Å²) >= 11 is 0.664. The minimum atomic E-state index is -4.72. The molecule has 0 amide bonds. The van der Waals surface area contributed by atoms with Crippen LogP contribution in [-0.4, -0.2) is 103 Å². The third kappa shape index (κ3) is 8.53. The van der Waals surface area contributed by atoms with Gasteiger partial charge in [0.1, 0.15) is 42.0 Å². The van der Waals surface area contributed by atoms with Crippen molar-refractivity contribution in [1.29, 1.82) is 0 Å². The van der Waals surface area contributed by atoms with Crippen LogP contribution in [0, 0.1) is 0 Å². The molecule has 1 aromatic carbocycles. The van der Waals surface area contributed by atoms with Gasteiger partial charge >= 0.3 is 12.8 Å². The molecule has 3 fully saturated rings. The average molecular weight is 879 g/mol. The topological polar surface area (TPSA) is 275 Å². The van der Waals surface area contributed by atoms with Crippen LogP contribution < -0.4 is 21.8 Å². The highest BCUT2D eigenvalue weighted by Gasteiger charge is 2.54. The molecular formula is C32H35BF2N10O11P2S. The number of halogens is 2. The Kier molecular flexibility index (Phi) is 11.7. The normalized spacial score (nSPS) is 31.4. The first-order valence-electron chi connectivity index (χ1n) is 18.1. The maximum Gasteiger partial charge on any atom is 0.389 e. The van der Waals surface area contributed by atoms with Crippen molar-refractivity contribution < 1.29 is 55.0 Å². The first-order valence-corrected chi connectivity index (χ1v) is 22.8. The molecule has 3 saturated heterocycles. The number of aromatic amines is 1. The molecule has 0 aliphatic carbocycles. The molecule has 27 heteroatoms. The van der Waals surface area contributed by atoms with Crippen molar-refractivity contribution in [3.63, 3.8) is 0 Å². The number of alkyl halides is 2. The third-order valence-corrected chi connectivity index (χ3v) is 14.2. The molecule has 8 rings (SSSR count). The first kappa shape index (κ1) is 41.4. The Balaban J connectivity index is 1.09. The summed E-state index contributed by atoms with van der Waals surface area (Å²) in [6, 6.07) is 6.37. The molecule has 0 spiro atoms. The average Bonchev–Trinajstić information content (AvgIpc) is 3.96. The van der Waals surface area contributed by atoms with Crippen LogP contribution in [0.2, 0.25) is 0 Å². The number of hydrogen-bond donors (Lipinski definition) is 3. The number of nitrogens with two attached hydrogens (primary N) is 2. The lowest BCUT2D eigenvalue weighted by molar-refractivity contribution is -0.134. The fourth-order valence-corrected chi connectivity index (χ4v) is 11.0. The number of aromatic nitrogens is 8. The van der Waals surface area contributed by atoms with Gasteiger partial charge in [0.2, 0.25) is 13.5 Å². The smallest absolute Gasteiger partial charge is 0.389 e. The van der Waals surface area contributed by atoms with Crippen LogP contribution in [0.4, 0.5) is 20.5 Å². The summed E-state index contributed by atoms with van der Waals surface area (Å²) in [7, 11) is 1.24. The van der Waals surface area contributed by atoms with Gasteiger partial charge in [-0.25, -0.2) is 33.3 Å². The lowest BCUT2D eigenvalue weighted by Gasteiger charge is -2.30. The SMILES string of the molecule is [B][P@]1(=O)OC[C@H]2O[C@@H](n3cnc4c(N)ncnc43)[C@H](F)[C@@H]2O[P@](=O)(SCc2ccc(OC(=O)CCCC)cc2)OC[C@H]2O[C@@H](n3cnc4c(=O)[nH]c(N)nc43)[C@H](F)[C@@H]2O1. The van der Waals surface area contributed by atoms with Gasteiger partial charge < -0.3 is 34.7 Å². The quantitative estimate of drug-likeness (QED) is 0.0821. The number of anilines is 2. The van der Waals surface area contributed by atoms with Crippen molar-refractivity contribution in [3.8, 4) is 5.75 Å². The zero-order chi connectivity index (χ0) is 41.6. The van der Waals surface area contributed by atoms with Gasteiger partial charge in [-0.15, -0.1) is 0 Å². The number of H-pyrrole nitrogens is 1. The minimum absolute atomic E-state index is 0.0166. The van der Waals surface area contributed by atoms with Crippen LogP contribution in [0.15, 0.2) is 48.0 Å². The highest BCUT2D eigenvalue weighted by Crippen LogP contribution is 2.65. The molecule has 59 heavy (non-hydrogen) atoms. The van der Waals surface area contributed by atoms with Crippen molar-refractivity contribution >= 4 is 73.3 Å². The molecule has 5 aromatic rings. The highest BCUT2D eigenvalue weighted by atomic mass is 32.7. The van der Waals surface area contributed by atoms with Crippen LogP contribution in [0.1, 0.15) is 44.2 Å². The first-order chi connectivity index (χ1) is 28.2. The number of carbonyl (C=O) groups is 1. The summed E-state index contributed by atoms with van der Waals surface area (Å²) in [6.07, 6.45) is -8.80. The largest absolute Gasteiger partial charge is 0.427 e. The number of unbranched alkanes of at least 4 members (excludes halogenated alkanes) is 1. The van der Waals surface area contributed by atoms with E-state index in [-0.39, 0.29) is 52.2 Å². The number of rotatable bonds is 9. The van der Waals surface area contributed by atoms with Gasteiger partial charge in [0.25, 0.3) is 13.0 Å². The standard InChI is InChI=1S/C32H35BF2N10O11P2S/c1-2-3-4-19(46)52-16-7-5-15(6-8-16)11-59-58(49)51-10-18-24(20(34)31(54-18)45-14-41-23-28(45)42-32(37)43-29(23)47)55-57(33,48)50-9-17-25(56-58)21(35)30(53-17)44-13-40-22-26(36)38-12-39-27(22)44/h5-8,12-14,17-18,20-21,24-25,30-31H,2-4,9-11H2,1H3,(H2,36,38,39)(H3,37,42,43,47)/t17-,18-,20-,21-,24-,25-,30-,31-,57+,58-/m1/s1. The monoisotopic (exact) mass is 878 g/mol. The third-order valence-electron chi connectivity index (χ3n) is 9.53. The molecular weight excluding hydrogens is 843 g/mol. The molecule has 5 N–H and O–H groups in total. The fraction of sp³-hybridized carbons (Fsp3) is 0.469. The Labute approximate surface area is 337 Å². The zero-order valence-corrected chi connectivity index (χ0v) is 33.4. The highest BCUT2D eigenvalue weighted by molar-refractivity contribution is 8.54. The van der Waals surface area contributed by atoms with Crippen LogP contribution in [0.3, 0.4) is 0 Å². The van der Waals surface area contributed by atoms with Crippen LogP contribution in [0.5, 0.6) is 5.75 Å². The molecule has 0 unspecified atom stereocenters. The van der Waals surface area contributed by atoms with E-state index in [1.54, 1.807) is 24.3 Å². The van der Waals surface area contributed by atoms with E-state index < -0.39 is 82.3 Å². The molecule has 0 bridgehead atoms. The number of carbonyl (C=O) groups excluding carboxylic acids is 1. The molecule has 312 valence electrons. The predicted octanol–water partition coefficient (Wildman–Crippen LogP) is 3.83. The van der Waals surface area contributed by atoms with Crippen LogP contribution >= 0.6 is 25.7 Å². The lowest BCUT2D eigenvalue weighted by atomic mass is 10.1. The number of fused-ring (bicyclic) bond motifs is 4. The minimum Gasteiger partial charge on any atom is -0.427 e. The van der Waals surface area contributed by atoms with Crippen LogP contribution in [-0.2, 0) is 47.2 Å². The molecule has 10 atom stereocenters. The summed E-state index contributed by atoms with van der Waals surface area (Å²) in [4.78, 5) is 47.1. The zero-order valence-electron chi connectivity index (χ0n) is 30.8. The second kappa shape index (κ2) is 16.6. The summed E-state index contributed by atoms with van der Waals surface area (Å²) < 4.78 is 104. The Morgan fingerprint density at radius 3 is 2.29 bits per heavy atom. The molecule has 21 nitrogen and oxygen atoms in total. The number of nitrogens with zero attached hydrogens (tertiary/aromatic N) is 7. The van der Waals surface area contributed by atoms with E-state index >= 15 is 8.78 Å². The van der Waals surface area contributed by atoms with E-state index in [0.29, 0.717) is 29.1 Å². The van der Waals surface area contributed by atoms with E-state index in [1.807, 2.05) is 6.92 Å². The number of nitrogens with one attached hydrogen (secondary N) is 1. The maximum absolute atomic E-state index is 16.7. The van der Waals surface area contributed by atoms with Gasteiger partial charge in [-0.05, 0) is 35.5 Å². The summed E-state index contributed by atoms with van der Waals surface area (Å²) in [5.41, 5.74) is 11.5. The van der Waals surface area contributed by atoms with Crippen molar-refractivity contribution in [2.24, 2.45) is 0 Å². The number of hydrogen-bond acceptors (Lipinski definition) is 19. The van der Waals surface area contributed by atoms with E-state index in [0.717, 1.165) is 23.6 Å². The number of esters is 1. The molecule has 3 aliphatic heterocycles. The van der Waals surface area contributed by atoms with E-state index in [2.05, 4.69) is 29.9 Å². The predicted molar refractivity (Wildman–Crippen MR) is 205 cm³/mol. The Bertz CT molecular complexity index is 2520. The number of nitrogen functional groups attached to an aromatic ring is 2.